The van der Waals surface area contributed by atoms with Crippen molar-refractivity contribution < 1.29 is 14.3 Å². The Morgan fingerprint density at radius 2 is 2.46 bits per heavy atom. The highest BCUT2D eigenvalue weighted by molar-refractivity contribution is 5.66. The minimum Gasteiger partial charge on any atom is -0.453 e. The van der Waals surface area contributed by atoms with Crippen molar-refractivity contribution in [3.63, 3.8) is 0 Å². The Morgan fingerprint density at radius 3 is 3.00 bits per heavy atom. The van der Waals surface area contributed by atoms with Crippen LogP contribution in [-0.2, 0) is 9.47 Å². The first-order chi connectivity index (χ1) is 6.24. The third-order valence-corrected chi connectivity index (χ3v) is 2.27. The number of carbonyl (C=O) groups is 1. The molecule has 1 atom stereocenters. The van der Waals surface area contributed by atoms with E-state index in [1.54, 1.807) is 11.9 Å². The molecule has 0 aromatic carbocycles. The Labute approximate surface area is 78.8 Å². The number of amides is 1. The Kier molecular flexibility index (Phi) is 4.02. The highest BCUT2D eigenvalue weighted by atomic mass is 16.5. The molecule has 4 nitrogen and oxygen atoms in total. The second-order valence-electron chi connectivity index (χ2n) is 3.43. The van der Waals surface area contributed by atoms with E-state index in [-0.39, 0.29) is 6.09 Å². The van der Waals surface area contributed by atoms with Crippen LogP contribution in [0.15, 0.2) is 0 Å². The smallest absolute Gasteiger partial charge is 0.409 e. The monoisotopic (exact) mass is 187 g/mol. The zero-order valence-electron chi connectivity index (χ0n) is 8.28. The number of ether oxygens (including phenoxy) is 2. The number of methoxy groups -OCH3 is 1. The van der Waals surface area contributed by atoms with E-state index in [1.165, 1.54) is 7.11 Å². The van der Waals surface area contributed by atoms with Gasteiger partial charge in [0.2, 0.25) is 0 Å². The van der Waals surface area contributed by atoms with E-state index in [4.69, 9.17) is 4.74 Å². The average molecular weight is 187 g/mol. The van der Waals surface area contributed by atoms with Crippen LogP contribution < -0.4 is 0 Å². The van der Waals surface area contributed by atoms with Gasteiger partial charge in [-0.3, -0.25) is 0 Å². The topological polar surface area (TPSA) is 38.8 Å². The lowest BCUT2D eigenvalue weighted by atomic mass is 10.0. The van der Waals surface area contributed by atoms with Crippen molar-refractivity contribution in [2.24, 2.45) is 5.92 Å². The fraction of sp³-hybridized carbons (Fsp3) is 0.889. The van der Waals surface area contributed by atoms with Crippen LogP contribution in [-0.4, -0.2) is 44.9 Å². The Hall–Kier alpha value is -0.770. The zero-order chi connectivity index (χ0) is 9.68. The highest BCUT2D eigenvalue weighted by Crippen LogP contribution is 2.14. The van der Waals surface area contributed by atoms with Gasteiger partial charge in [-0.2, -0.15) is 0 Å². The average Bonchev–Trinajstić information content (AvgIpc) is 2.18. The first kappa shape index (κ1) is 10.3. The molecule has 1 aliphatic heterocycles. The zero-order valence-corrected chi connectivity index (χ0v) is 8.28. The van der Waals surface area contributed by atoms with Gasteiger partial charge in [0.25, 0.3) is 0 Å². The van der Waals surface area contributed by atoms with Crippen LogP contribution in [0.1, 0.15) is 12.8 Å². The molecule has 1 rings (SSSR count). The van der Waals surface area contributed by atoms with Crippen molar-refractivity contribution >= 4 is 6.09 Å². The van der Waals surface area contributed by atoms with Crippen molar-refractivity contribution in [3.05, 3.63) is 0 Å². The number of carbonyl (C=O) groups excluding carboxylic acids is 1. The van der Waals surface area contributed by atoms with Gasteiger partial charge in [-0.05, 0) is 12.8 Å². The predicted octanol–water partition coefficient (Wildman–Crippen LogP) is 1.11. The maximum atomic E-state index is 11.0. The van der Waals surface area contributed by atoms with Gasteiger partial charge in [-0.25, -0.2) is 4.79 Å². The van der Waals surface area contributed by atoms with Gasteiger partial charge in [0.1, 0.15) is 0 Å². The lowest BCUT2D eigenvalue weighted by molar-refractivity contribution is 0.0406. The van der Waals surface area contributed by atoms with Crippen LogP contribution in [0.3, 0.4) is 0 Å². The molecule has 0 spiro atoms. The van der Waals surface area contributed by atoms with E-state index >= 15 is 0 Å². The van der Waals surface area contributed by atoms with Gasteiger partial charge in [0, 0.05) is 26.1 Å². The Balaban J connectivity index is 2.25. The molecule has 76 valence electrons. The van der Waals surface area contributed by atoms with E-state index in [2.05, 4.69) is 4.74 Å². The van der Waals surface area contributed by atoms with Crippen LogP contribution in [0.4, 0.5) is 4.79 Å². The van der Waals surface area contributed by atoms with Crippen molar-refractivity contribution in [2.45, 2.75) is 12.8 Å². The lowest BCUT2D eigenvalue weighted by Crippen LogP contribution is -2.34. The highest BCUT2D eigenvalue weighted by Gasteiger charge is 2.18. The summed E-state index contributed by atoms with van der Waals surface area (Å²) in [6.07, 6.45) is 1.96. The van der Waals surface area contributed by atoms with E-state index in [0.29, 0.717) is 5.92 Å². The van der Waals surface area contributed by atoms with Crippen LogP contribution in [0.25, 0.3) is 0 Å². The van der Waals surface area contributed by atoms with E-state index in [1.807, 2.05) is 0 Å². The Bertz CT molecular complexity index is 166. The minimum absolute atomic E-state index is 0.273. The number of rotatable bonds is 2. The second kappa shape index (κ2) is 5.07. The second-order valence-corrected chi connectivity index (χ2v) is 3.43. The fourth-order valence-corrected chi connectivity index (χ4v) is 1.57. The first-order valence-corrected chi connectivity index (χ1v) is 4.61. The summed E-state index contributed by atoms with van der Waals surface area (Å²) in [5.41, 5.74) is 0. The van der Waals surface area contributed by atoms with Gasteiger partial charge in [0.05, 0.1) is 13.7 Å². The fourth-order valence-electron chi connectivity index (χ4n) is 1.57. The number of hydrogen-bond acceptors (Lipinski definition) is 3. The molecule has 0 N–H and O–H groups in total. The van der Waals surface area contributed by atoms with Gasteiger partial charge >= 0.3 is 6.09 Å². The van der Waals surface area contributed by atoms with Crippen molar-refractivity contribution in [1.29, 1.82) is 0 Å². The third-order valence-electron chi connectivity index (χ3n) is 2.27. The SMILES string of the molecule is COC(=O)N(C)CC1CCCOC1. The maximum Gasteiger partial charge on any atom is 0.409 e. The molecular weight excluding hydrogens is 170 g/mol. The summed E-state index contributed by atoms with van der Waals surface area (Å²) in [5.74, 6) is 0.470. The molecule has 13 heavy (non-hydrogen) atoms. The molecular formula is C9H17NO3. The van der Waals surface area contributed by atoms with E-state index in [9.17, 15) is 4.79 Å². The molecule has 0 aromatic rings. The van der Waals surface area contributed by atoms with E-state index in [0.717, 1.165) is 32.6 Å². The normalized spacial score (nSPS) is 22.5. The molecule has 0 radical (unpaired) electrons. The summed E-state index contributed by atoms with van der Waals surface area (Å²) >= 11 is 0. The predicted molar refractivity (Wildman–Crippen MR) is 48.6 cm³/mol. The summed E-state index contributed by atoms with van der Waals surface area (Å²) in [5, 5.41) is 0. The van der Waals surface area contributed by atoms with Gasteiger partial charge in [-0.1, -0.05) is 0 Å². The molecule has 4 heteroatoms. The van der Waals surface area contributed by atoms with Crippen LogP contribution >= 0.6 is 0 Å². The molecule has 0 bridgehead atoms. The molecule has 0 aliphatic carbocycles. The summed E-state index contributed by atoms with van der Waals surface area (Å²) < 4.78 is 9.92. The third kappa shape index (κ3) is 3.22. The molecule has 1 saturated heterocycles. The molecule has 1 unspecified atom stereocenters. The van der Waals surface area contributed by atoms with Crippen molar-refractivity contribution in [1.82, 2.24) is 4.90 Å². The summed E-state index contributed by atoms with van der Waals surface area (Å²) in [6, 6.07) is 0. The number of nitrogens with zero attached hydrogens (tertiary/aromatic N) is 1. The maximum absolute atomic E-state index is 11.0. The number of hydrogen-bond donors (Lipinski definition) is 0. The first-order valence-electron chi connectivity index (χ1n) is 4.61. The minimum atomic E-state index is -0.273. The van der Waals surface area contributed by atoms with Crippen LogP contribution in [0, 0.1) is 5.92 Å². The molecule has 1 heterocycles. The van der Waals surface area contributed by atoms with Gasteiger partial charge in [0.15, 0.2) is 0 Å². The molecule has 0 aromatic heterocycles. The van der Waals surface area contributed by atoms with Gasteiger partial charge in [-0.15, -0.1) is 0 Å². The largest absolute Gasteiger partial charge is 0.453 e. The van der Waals surface area contributed by atoms with Crippen LogP contribution in [0.5, 0.6) is 0 Å². The summed E-state index contributed by atoms with van der Waals surface area (Å²) in [7, 11) is 3.15. The molecule has 1 aliphatic rings. The molecule has 0 saturated carbocycles. The Morgan fingerprint density at radius 1 is 1.69 bits per heavy atom. The lowest BCUT2D eigenvalue weighted by Gasteiger charge is -2.26. The van der Waals surface area contributed by atoms with Crippen LogP contribution in [0.2, 0.25) is 0 Å². The van der Waals surface area contributed by atoms with Crippen molar-refractivity contribution in [2.75, 3.05) is 33.9 Å². The summed E-state index contributed by atoms with van der Waals surface area (Å²) in [4.78, 5) is 12.6. The van der Waals surface area contributed by atoms with Crippen molar-refractivity contribution in [3.8, 4) is 0 Å². The molecule has 1 fully saturated rings. The quantitative estimate of drug-likeness (QED) is 0.650. The van der Waals surface area contributed by atoms with E-state index < -0.39 is 0 Å². The summed E-state index contributed by atoms with van der Waals surface area (Å²) in [6.45, 7) is 2.35. The van der Waals surface area contributed by atoms with Gasteiger partial charge < -0.3 is 14.4 Å². The standard InChI is InChI=1S/C9H17NO3/c1-10(9(11)12-2)6-8-4-3-5-13-7-8/h8H,3-7H2,1-2H3. The molecule has 1 amide bonds.